The van der Waals surface area contributed by atoms with Crippen LogP contribution in [0.25, 0.3) is 0 Å². The van der Waals surface area contributed by atoms with Crippen LogP contribution in [0, 0.1) is 0 Å². The SMILES string of the molecule is CN(C)CCN=CC1=C(O)CC(c2ccccc2O)CC1=O. The second-order valence-electron chi connectivity index (χ2n) is 5.79. The molecule has 0 fully saturated rings. The van der Waals surface area contributed by atoms with Crippen molar-refractivity contribution in [2.75, 3.05) is 27.2 Å². The van der Waals surface area contributed by atoms with Gasteiger partial charge in [0.25, 0.3) is 0 Å². The van der Waals surface area contributed by atoms with Gasteiger partial charge in [0, 0.05) is 31.5 Å². The summed E-state index contributed by atoms with van der Waals surface area (Å²) in [4.78, 5) is 18.4. The number of hydrogen-bond acceptors (Lipinski definition) is 5. The van der Waals surface area contributed by atoms with E-state index in [1.807, 2.05) is 25.1 Å². The molecule has 22 heavy (non-hydrogen) atoms. The molecule has 1 aromatic rings. The number of Topliss-reactive ketones (excluding diaryl/α,β-unsaturated/α-hetero) is 1. The van der Waals surface area contributed by atoms with Crippen LogP contribution < -0.4 is 0 Å². The molecule has 1 aromatic carbocycles. The second kappa shape index (κ2) is 7.22. The lowest BCUT2D eigenvalue weighted by atomic mass is 9.82. The molecule has 1 aliphatic rings. The fourth-order valence-corrected chi connectivity index (χ4v) is 2.52. The Hall–Kier alpha value is -2.14. The van der Waals surface area contributed by atoms with Gasteiger partial charge in [0.1, 0.15) is 11.5 Å². The standard InChI is InChI=1S/C17H22N2O3/c1-19(2)8-7-18-11-14-16(21)9-12(10-17(14)22)13-5-3-4-6-15(13)20/h3-6,11-12,20-21H,7-10H2,1-2H3. The predicted molar refractivity (Wildman–Crippen MR) is 86.7 cm³/mol. The van der Waals surface area contributed by atoms with Gasteiger partial charge in [0.15, 0.2) is 5.78 Å². The molecule has 1 unspecified atom stereocenters. The van der Waals surface area contributed by atoms with E-state index in [4.69, 9.17) is 0 Å². The van der Waals surface area contributed by atoms with Crippen LogP contribution in [0.4, 0.5) is 0 Å². The Morgan fingerprint density at radius 2 is 2.00 bits per heavy atom. The van der Waals surface area contributed by atoms with E-state index in [-0.39, 0.29) is 29.6 Å². The summed E-state index contributed by atoms with van der Waals surface area (Å²) in [5.41, 5.74) is 0.997. The number of aromatic hydroxyl groups is 1. The van der Waals surface area contributed by atoms with Gasteiger partial charge in [-0.05, 0) is 25.7 Å². The number of carbonyl (C=O) groups excluding carboxylic acids is 1. The molecule has 0 bridgehead atoms. The molecular formula is C17H22N2O3. The van der Waals surface area contributed by atoms with Gasteiger partial charge in [-0.25, -0.2) is 0 Å². The van der Waals surface area contributed by atoms with E-state index in [0.29, 0.717) is 24.1 Å². The molecule has 0 amide bonds. The number of aliphatic hydroxyl groups is 1. The van der Waals surface area contributed by atoms with Crippen molar-refractivity contribution >= 4 is 12.0 Å². The number of hydrogen-bond donors (Lipinski definition) is 2. The number of carbonyl (C=O) groups is 1. The number of para-hydroxylation sites is 1. The zero-order chi connectivity index (χ0) is 16.1. The van der Waals surface area contributed by atoms with Crippen molar-refractivity contribution in [2.24, 2.45) is 4.99 Å². The van der Waals surface area contributed by atoms with Gasteiger partial charge in [-0.3, -0.25) is 9.79 Å². The fraction of sp³-hybridized carbons (Fsp3) is 0.412. The third kappa shape index (κ3) is 3.95. The summed E-state index contributed by atoms with van der Waals surface area (Å²) in [5.74, 6) is -0.104. The number of nitrogens with zero attached hydrogens (tertiary/aromatic N) is 2. The molecule has 5 heteroatoms. The fourth-order valence-electron chi connectivity index (χ4n) is 2.52. The summed E-state index contributed by atoms with van der Waals surface area (Å²) in [7, 11) is 3.91. The summed E-state index contributed by atoms with van der Waals surface area (Å²) in [6, 6.07) is 6.94. The van der Waals surface area contributed by atoms with Gasteiger partial charge in [0.05, 0.1) is 12.1 Å². The Balaban J connectivity index is 2.11. The molecule has 0 aliphatic heterocycles. The Bertz CT molecular complexity index is 606. The second-order valence-corrected chi connectivity index (χ2v) is 5.79. The van der Waals surface area contributed by atoms with E-state index >= 15 is 0 Å². The molecule has 1 atom stereocenters. The van der Waals surface area contributed by atoms with Crippen molar-refractivity contribution in [1.29, 1.82) is 0 Å². The van der Waals surface area contributed by atoms with E-state index in [1.165, 1.54) is 6.21 Å². The average molecular weight is 302 g/mol. The average Bonchev–Trinajstić information content (AvgIpc) is 2.45. The highest BCUT2D eigenvalue weighted by atomic mass is 16.3. The van der Waals surface area contributed by atoms with Crippen LogP contribution in [0.1, 0.15) is 24.3 Å². The minimum absolute atomic E-state index is 0.0538. The van der Waals surface area contributed by atoms with E-state index in [0.717, 1.165) is 6.54 Å². The minimum atomic E-state index is -0.187. The van der Waals surface area contributed by atoms with Crippen molar-refractivity contribution in [3.63, 3.8) is 0 Å². The van der Waals surface area contributed by atoms with Crippen molar-refractivity contribution < 1.29 is 15.0 Å². The maximum Gasteiger partial charge on any atom is 0.168 e. The first-order valence-electron chi connectivity index (χ1n) is 7.36. The number of phenols is 1. The first-order valence-corrected chi connectivity index (χ1v) is 7.36. The Morgan fingerprint density at radius 3 is 2.64 bits per heavy atom. The maximum atomic E-state index is 12.2. The zero-order valence-corrected chi connectivity index (χ0v) is 13.0. The molecule has 2 rings (SSSR count). The number of phenolic OH excluding ortho intramolecular Hbond substituents is 1. The summed E-state index contributed by atoms with van der Waals surface area (Å²) in [6.07, 6.45) is 2.09. The number of aliphatic hydroxyl groups excluding tert-OH is 1. The van der Waals surface area contributed by atoms with Crippen LogP contribution in [0.2, 0.25) is 0 Å². The lowest BCUT2D eigenvalue weighted by molar-refractivity contribution is -0.116. The number of allylic oxidation sites excluding steroid dienone is 2. The molecule has 0 spiro atoms. The van der Waals surface area contributed by atoms with Gasteiger partial charge in [-0.1, -0.05) is 18.2 Å². The van der Waals surface area contributed by atoms with Crippen LogP contribution >= 0.6 is 0 Å². The number of likely N-dealkylation sites (N-methyl/N-ethyl adjacent to an activating group) is 1. The first kappa shape index (κ1) is 16.2. The highest BCUT2D eigenvalue weighted by molar-refractivity contribution is 6.14. The van der Waals surface area contributed by atoms with Gasteiger partial charge >= 0.3 is 0 Å². The van der Waals surface area contributed by atoms with E-state index in [1.54, 1.807) is 18.2 Å². The third-order valence-corrected chi connectivity index (χ3v) is 3.76. The Kier molecular flexibility index (Phi) is 5.33. The van der Waals surface area contributed by atoms with Gasteiger partial charge in [0.2, 0.25) is 0 Å². The topological polar surface area (TPSA) is 73.1 Å². The minimum Gasteiger partial charge on any atom is -0.511 e. The Labute approximate surface area is 130 Å². The summed E-state index contributed by atoms with van der Waals surface area (Å²) < 4.78 is 0. The summed E-state index contributed by atoms with van der Waals surface area (Å²) in [6.45, 7) is 1.37. The largest absolute Gasteiger partial charge is 0.511 e. The van der Waals surface area contributed by atoms with Gasteiger partial charge in [-0.15, -0.1) is 0 Å². The van der Waals surface area contributed by atoms with Crippen LogP contribution in [-0.2, 0) is 4.79 Å². The predicted octanol–water partition coefficient (Wildman–Crippen LogP) is 2.28. The quantitative estimate of drug-likeness (QED) is 0.818. The van der Waals surface area contributed by atoms with Crippen LogP contribution in [0.5, 0.6) is 5.75 Å². The summed E-state index contributed by atoms with van der Waals surface area (Å²) in [5, 5.41) is 20.0. The van der Waals surface area contributed by atoms with Crippen LogP contribution in [-0.4, -0.2) is 54.3 Å². The number of rotatable bonds is 5. The van der Waals surface area contributed by atoms with Crippen molar-refractivity contribution in [3.05, 3.63) is 41.2 Å². The lowest BCUT2D eigenvalue weighted by Gasteiger charge is -2.23. The number of benzene rings is 1. The van der Waals surface area contributed by atoms with E-state index < -0.39 is 0 Å². The van der Waals surface area contributed by atoms with E-state index in [2.05, 4.69) is 4.99 Å². The van der Waals surface area contributed by atoms with Crippen molar-refractivity contribution in [1.82, 2.24) is 4.90 Å². The smallest absolute Gasteiger partial charge is 0.168 e. The molecular weight excluding hydrogens is 280 g/mol. The molecule has 5 nitrogen and oxygen atoms in total. The summed E-state index contributed by atoms with van der Waals surface area (Å²) >= 11 is 0. The molecule has 0 aromatic heterocycles. The highest BCUT2D eigenvalue weighted by Crippen LogP contribution is 2.36. The molecule has 0 heterocycles. The normalized spacial score (nSPS) is 19.4. The molecule has 2 N–H and O–H groups in total. The van der Waals surface area contributed by atoms with Crippen molar-refractivity contribution in [3.8, 4) is 5.75 Å². The highest BCUT2D eigenvalue weighted by Gasteiger charge is 2.28. The Morgan fingerprint density at radius 1 is 1.27 bits per heavy atom. The first-order chi connectivity index (χ1) is 10.5. The van der Waals surface area contributed by atoms with Gasteiger partial charge < -0.3 is 15.1 Å². The molecule has 0 radical (unpaired) electrons. The monoisotopic (exact) mass is 302 g/mol. The molecule has 0 saturated carbocycles. The van der Waals surface area contributed by atoms with Crippen LogP contribution in [0.15, 0.2) is 40.6 Å². The zero-order valence-electron chi connectivity index (χ0n) is 13.0. The lowest BCUT2D eigenvalue weighted by Crippen LogP contribution is -2.20. The molecule has 1 aliphatic carbocycles. The van der Waals surface area contributed by atoms with Crippen molar-refractivity contribution in [2.45, 2.75) is 18.8 Å². The number of ketones is 1. The van der Waals surface area contributed by atoms with Crippen LogP contribution in [0.3, 0.4) is 0 Å². The maximum absolute atomic E-state index is 12.2. The molecule has 0 saturated heterocycles. The molecule has 118 valence electrons. The third-order valence-electron chi connectivity index (χ3n) is 3.76. The number of aliphatic imine (C=N–C) groups is 1. The van der Waals surface area contributed by atoms with Gasteiger partial charge in [-0.2, -0.15) is 0 Å². The van der Waals surface area contributed by atoms with E-state index in [9.17, 15) is 15.0 Å².